The quantitative estimate of drug-likeness (QED) is 0.835. The number of phenolic OH excluding ortho intramolecular Hbond substituents is 1. The highest BCUT2D eigenvalue weighted by molar-refractivity contribution is 6.42. The van der Waals surface area contributed by atoms with E-state index in [1.54, 1.807) is 6.07 Å². The van der Waals surface area contributed by atoms with E-state index < -0.39 is 0 Å². The van der Waals surface area contributed by atoms with E-state index >= 15 is 0 Å². The fourth-order valence-corrected chi connectivity index (χ4v) is 2.85. The number of benzene rings is 2. The number of nitrogens with one attached hydrogen (secondary N) is 1. The number of hydrogen-bond acceptors (Lipinski definition) is 2. The van der Waals surface area contributed by atoms with Gasteiger partial charge in [0.1, 0.15) is 5.75 Å². The van der Waals surface area contributed by atoms with Gasteiger partial charge in [0.2, 0.25) is 0 Å². The zero-order valence-corrected chi connectivity index (χ0v) is 11.7. The van der Waals surface area contributed by atoms with Crippen LogP contribution in [0.1, 0.15) is 22.7 Å². The van der Waals surface area contributed by atoms with Crippen molar-refractivity contribution < 1.29 is 5.11 Å². The smallest absolute Gasteiger partial charge is 0.115 e. The minimum absolute atomic E-state index is 0.0964. The van der Waals surface area contributed by atoms with Crippen molar-refractivity contribution in [1.29, 1.82) is 0 Å². The third kappa shape index (κ3) is 2.44. The molecule has 1 aliphatic rings. The number of aromatic hydroxyl groups is 1. The van der Waals surface area contributed by atoms with E-state index in [0.29, 0.717) is 15.8 Å². The molecular formula is C15H13Cl2NO. The zero-order chi connectivity index (χ0) is 13.4. The summed E-state index contributed by atoms with van der Waals surface area (Å²) >= 11 is 12.0. The minimum Gasteiger partial charge on any atom is -0.508 e. The van der Waals surface area contributed by atoms with Gasteiger partial charge in [-0.05, 0) is 47.4 Å². The van der Waals surface area contributed by atoms with Crippen molar-refractivity contribution in [3.63, 3.8) is 0 Å². The summed E-state index contributed by atoms with van der Waals surface area (Å²) < 4.78 is 0. The number of hydrogen-bond donors (Lipinski definition) is 2. The van der Waals surface area contributed by atoms with Crippen molar-refractivity contribution in [2.75, 3.05) is 6.54 Å². The van der Waals surface area contributed by atoms with Crippen molar-refractivity contribution in [2.45, 2.75) is 12.5 Å². The van der Waals surface area contributed by atoms with Crippen LogP contribution in [-0.2, 0) is 6.42 Å². The maximum atomic E-state index is 9.57. The molecule has 3 rings (SSSR count). The summed E-state index contributed by atoms with van der Waals surface area (Å²) in [6.07, 6.45) is 0.918. The second-order valence-electron chi connectivity index (χ2n) is 4.69. The van der Waals surface area contributed by atoms with Gasteiger partial charge in [-0.3, -0.25) is 0 Å². The van der Waals surface area contributed by atoms with Crippen molar-refractivity contribution in [2.24, 2.45) is 0 Å². The Morgan fingerprint density at radius 2 is 1.89 bits per heavy atom. The fraction of sp³-hybridized carbons (Fsp3) is 0.200. The predicted molar refractivity (Wildman–Crippen MR) is 78.1 cm³/mol. The Kier molecular flexibility index (Phi) is 3.40. The van der Waals surface area contributed by atoms with Gasteiger partial charge in [-0.1, -0.05) is 35.3 Å². The molecule has 4 heteroatoms. The molecule has 2 N–H and O–H groups in total. The highest BCUT2D eigenvalue weighted by Crippen LogP contribution is 2.33. The maximum absolute atomic E-state index is 9.57. The third-order valence-electron chi connectivity index (χ3n) is 3.46. The molecule has 1 unspecified atom stereocenters. The summed E-state index contributed by atoms with van der Waals surface area (Å²) in [5.74, 6) is 0.313. The molecule has 2 aromatic rings. The maximum Gasteiger partial charge on any atom is 0.115 e. The van der Waals surface area contributed by atoms with Crippen LogP contribution in [0.5, 0.6) is 5.75 Å². The Hall–Kier alpha value is -1.22. The summed E-state index contributed by atoms with van der Waals surface area (Å²) in [4.78, 5) is 0. The van der Waals surface area contributed by atoms with Crippen LogP contribution >= 0.6 is 23.2 Å². The van der Waals surface area contributed by atoms with E-state index in [0.717, 1.165) is 18.5 Å². The molecule has 2 nitrogen and oxygen atoms in total. The van der Waals surface area contributed by atoms with Gasteiger partial charge in [0.15, 0.2) is 0 Å². The standard InChI is InChI=1S/C15H13Cl2NO/c16-13-4-1-10(8-14(13)17)15-12-3-2-11(19)7-9(12)5-6-18-15/h1-4,7-8,15,18-19H,5-6H2. The lowest BCUT2D eigenvalue weighted by atomic mass is 9.90. The number of fused-ring (bicyclic) bond motifs is 1. The number of rotatable bonds is 1. The SMILES string of the molecule is Oc1ccc2c(c1)CCNC2c1ccc(Cl)c(Cl)c1. The first-order valence-electron chi connectivity index (χ1n) is 6.15. The Balaban J connectivity index is 2.05. The summed E-state index contributed by atoms with van der Waals surface area (Å²) in [6.45, 7) is 0.876. The van der Waals surface area contributed by atoms with E-state index in [4.69, 9.17) is 23.2 Å². The molecule has 0 bridgehead atoms. The van der Waals surface area contributed by atoms with Gasteiger partial charge >= 0.3 is 0 Å². The Morgan fingerprint density at radius 1 is 1.05 bits per heavy atom. The molecule has 0 aliphatic carbocycles. The molecule has 0 aromatic heterocycles. The average Bonchev–Trinajstić information content (AvgIpc) is 2.41. The normalized spacial score (nSPS) is 18.1. The molecule has 0 saturated carbocycles. The fourth-order valence-electron chi connectivity index (χ4n) is 2.54. The summed E-state index contributed by atoms with van der Waals surface area (Å²) in [7, 11) is 0. The molecule has 0 fully saturated rings. The van der Waals surface area contributed by atoms with Gasteiger partial charge in [-0.15, -0.1) is 0 Å². The Morgan fingerprint density at radius 3 is 2.68 bits per heavy atom. The van der Waals surface area contributed by atoms with E-state index in [1.165, 1.54) is 11.1 Å². The molecule has 0 radical (unpaired) electrons. The van der Waals surface area contributed by atoms with Crippen LogP contribution in [0, 0.1) is 0 Å². The second-order valence-corrected chi connectivity index (χ2v) is 5.51. The number of phenols is 1. The van der Waals surface area contributed by atoms with E-state index in [2.05, 4.69) is 5.32 Å². The molecule has 1 heterocycles. The average molecular weight is 294 g/mol. The van der Waals surface area contributed by atoms with Gasteiger partial charge in [-0.25, -0.2) is 0 Å². The zero-order valence-electron chi connectivity index (χ0n) is 10.2. The molecule has 1 aliphatic heterocycles. The van der Waals surface area contributed by atoms with Crippen molar-refractivity contribution >= 4 is 23.2 Å². The Bertz CT molecular complexity index is 628. The lowest BCUT2D eigenvalue weighted by molar-refractivity contribution is 0.471. The second kappa shape index (κ2) is 5.04. The van der Waals surface area contributed by atoms with Gasteiger partial charge < -0.3 is 10.4 Å². The molecule has 0 amide bonds. The van der Waals surface area contributed by atoms with Crippen LogP contribution in [0.25, 0.3) is 0 Å². The van der Waals surface area contributed by atoms with Crippen LogP contribution in [0.15, 0.2) is 36.4 Å². The third-order valence-corrected chi connectivity index (χ3v) is 4.20. The van der Waals surface area contributed by atoms with Gasteiger partial charge in [0, 0.05) is 6.54 Å². The Labute approximate surface area is 122 Å². The lowest BCUT2D eigenvalue weighted by Gasteiger charge is -2.27. The first kappa shape index (κ1) is 12.8. The first-order valence-corrected chi connectivity index (χ1v) is 6.91. The molecule has 0 saturated heterocycles. The predicted octanol–water partition coefficient (Wildman–Crippen LogP) is 3.93. The summed E-state index contributed by atoms with van der Waals surface area (Å²) in [5, 5.41) is 14.2. The summed E-state index contributed by atoms with van der Waals surface area (Å²) in [6, 6.07) is 11.3. The van der Waals surface area contributed by atoms with Gasteiger partial charge in [0.05, 0.1) is 16.1 Å². The van der Waals surface area contributed by atoms with Gasteiger partial charge in [0.25, 0.3) is 0 Å². The van der Waals surface area contributed by atoms with Crippen LogP contribution < -0.4 is 5.32 Å². The molecular weight excluding hydrogens is 281 g/mol. The van der Waals surface area contributed by atoms with Crippen LogP contribution in [0.3, 0.4) is 0 Å². The molecule has 0 spiro atoms. The molecule has 2 aromatic carbocycles. The van der Waals surface area contributed by atoms with Crippen LogP contribution in [-0.4, -0.2) is 11.7 Å². The topological polar surface area (TPSA) is 32.3 Å². The monoisotopic (exact) mass is 293 g/mol. The van der Waals surface area contributed by atoms with E-state index in [-0.39, 0.29) is 6.04 Å². The largest absolute Gasteiger partial charge is 0.508 e. The molecule has 1 atom stereocenters. The lowest BCUT2D eigenvalue weighted by Crippen LogP contribution is -2.30. The van der Waals surface area contributed by atoms with Gasteiger partial charge in [-0.2, -0.15) is 0 Å². The highest BCUT2D eigenvalue weighted by atomic mass is 35.5. The van der Waals surface area contributed by atoms with Crippen molar-refractivity contribution in [3.8, 4) is 5.75 Å². The number of halogens is 2. The van der Waals surface area contributed by atoms with Crippen LogP contribution in [0.2, 0.25) is 10.0 Å². The molecule has 19 heavy (non-hydrogen) atoms. The van der Waals surface area contributed by atoms with Crippen molar-refractivity contribution in [3.05, 3.63) is 63.1 Å². The highest BCUT2D eigenvalue weighted by Gasteiger charge is 2.21. The van der Waals surface area contributed by atoms with Crippen LogP contribution in [0.4, 0.5) is 0 Å². The first-order chi connectivity index (χ1) is 9.15. The van der Waals surface area contributed by atoms with E-state index in [1.807, 2.05) is 30.3 Å². The van der Waals surface area contributed by atoms with E-state index in [9.17, 15) is 5.11 Å². The summed E-state index contributed by atoms with van der Waals surface area (Å²) in [5.41, 5.74) is 3.44. The van der Waals surface area contributed by atoms with Crippen molar-refractivity contribution in [1.82, 2.24) is 5.32 Å². The molecule has 98 valence electrons. The minimum atomic E-state index is 0.0964.